The summed E-state index contributed by atoms with van der Waals surface area (Å²) in [7, 11) is -4.28. The number of carbonyl (C=O) groups excluding carboxylic acids is 2. The van der Waals surface area contributed by atoms with Crippen molar-refractivity contribution in [2.45, 2.75) is 64.1 Å². The van der Waals surface area contributed by atoms with E-state index < -0.39 is 40.0 Å². The van der Waals surface area contributed by atoms with Crippen LogP contribution in [0.4, 0.5) is 5.69 Å². The molecular formula is C36H38Cl3N3O4S. The molecule has 0 radical (unpaired) electrons. The van der Waals surface area contributed by atoms with Crippen LogP contribution in [0.15, 0.2) is 95.9 Å². The quantitative estimate of drug-likeness (QED) is 0.171. The van der Waals surface area contributed by atoms with Gasteiger partial charge in [-0.3, -0.25) is 13.9 Å². The lowest BCUT2D eigenvalue weighted by atomic mass is 10.0. The molecule has 0 saturated carbocycles. The minimum atomic E-state index is -4.28. The van der Waals surface area contributed by atoms with Crippen molar-refractivity contribution in [1.29, 1.82) is 0 Å². The van der Waals surface area contributed by atoms with Gasteiger partial charge in [-0.1, -0.05) is 95.0 Å². The molecule has 4 aromatic carbocycles. The molecule has 1 unspecified atom stereocenters. The maximum absolute atomic E-state index is 14.7. The smallest absolute Gasteiger partial charge is 0.264 e. The van der Waals surface area contributed by atoms with E-state index in [2.05, 4.69) is 5.32 Å². The summed E-state index contributed by atoms with van der Waals surface area (Å²) < 4.78 is 29.6. The first kappa shape index (κ1) is 36.3. The van der Waals surface area contributed by atoms with E-state index in [1.165, 1.54) is 17.0 Å². The van der Waals surface area contributed by atoms with Gasteiger partial charge in [0.1, 0.15) is 12.6 Å². The Labute approximate surface area is 292 Å². The highest BCUT2D eigenvalue weighted by molar-refractivity contribution is 7.92. The van der Waals surface area contributed by atoms with Crippen molar-refractivity contribution in [2.24, 2.45) is 0 Å². The summed E-state index contributed by atoms with van der Waals surface area (Å²) in [6.07, 6.45) is 0.167. The van der Waals surface area contributed by atoms with Gasteiger partial charge < -0.3 is 10.2 Å². The summed E-state index contributed by atoms with van der Waals surface area (Å²) in [4.78, 5) is 30.1. The number of benzene rings is 4. The summed E-state index contributed by atoms with van der Waals surface area (Å²) in [5.74, 6) is -1.01. The summed E-state index contributed by atoms with van der Waals surface area (Å²) in [5, 5.41) is 4.07. The highest BCUT2D eigenvalue weighted by Gasteiger charge is 2.36. The Kier molecular flexibility index (Phi) is 11.7. The lowest BCUT2D eigenvalue weighted by Gasteiger charge is -2.35. The van der Waals surface area contributed by atoms with Gasteiger partial charge in [0.05, 0.1) is 10.6 Å². The van der Waals surface area contributed by atoms with E-state index in [9.17, 15) is 18.0 Å². The fourth-order valence-electron chi connectivity index (χ4n) is 5.06. The Hall–Kier alpha value is -3.56. The topological polar surface area (TPSA) is 86.8 Å². The second kappa shape index (κ2) is 15.1. The molecule has 248 valence electrons. The molecule has 0 heterocycles. The van der Waals surface area contributed by atoms with Crippen molar-refractivity contribution in [3.63, 3.8) is 0 Å². The van der Waals surface area contributed by atoms with Crippen molar-refractivity contribution in [1.82, 2.24) is 10.2 Å². The van der Waals surface area contributed by atoms with Gasteiger partial charge in [0.25, 0.3) is 10.0 Å². The number of anilines is 1. The Bertz CT molecular complexity index is 1840. The molecule has 0 fully saturated rings. The van der Waals surface area contributed by atoms with Crippen molar-refractivity contribution in [3.8, 4) is 0 Å². The molecule has 4 aromatic rings. The second-order valence-corrected chi connectivity index (χ2v) is 15.5. The Morgan fingerprint density at radius 1 is 0.830 bits per heavy atom. The predicted octanol–water partition coefficient (Wildman–Crippen LogP) is 8.01. The highest BCUT2D eigenvalue weighted by Crippen LogP contribution is 2.32. The van der Waals surface area contributed by atoms with Crippen LogP contribution in [0.5, 0.6) is 0 Å². The highest BCUT2D eigenvalue weighted by atomic mass is 35.5. The standard InChI is InChI=1S/C36H38Cl3N3O4S/c1-24-14-18-29(19-15-24)47(45,46)42(32-13-9-12-30(38)25(32)2)23-34(43)41(22-27-16-17-28(37)21-31(27)39)33(35(44)40-36(3,4)5)20-26-10-7-6-8-11-26/h6-19,21,33H,20,22-23H2,1-5H3,(H,40,44). The van der Waals surface area contributed by atoms with Crippen molar-refractivity contribution in [2.75, 3.05) is 10.8 Å². The maximum Gasteiger partial charge on any atom is 0.264 e. The molecule has 0 aliphatic heterocycles. The third kappa shape index (κ3) is 9.29. The molecule has 1 N–H and O–H groups in total. The van der Waals surface area contributed by atoms with Gasteiger partial charge in [-0.25, -0.2) is 8.42 Å². The number of rotatable bonds is 11. The molecule has 47 heavy (non-hydrogen) atoms. The molecule has 0 bridgehead atoms. The van der Waals surface area contributed by atoms with Crippen LogP contribution in [0.2, 0.25) is 15.1 Å². The third-order valence-corrected chi connectivity index (χ3v) is 10.3. The van der Waals surface area contributed by atoms with Crippen LogP contribution in [0, 0.1) is 13.8 Å². The number of amides is 2. The number of carbonyl (C=O) groups is 2. The number of nitrogens with one attached hydrogen (secondary N) is 1. The molecule has 0 saturated heterocycles. The Morgan fingerprint density at radius 3 is 2.11 bits per heavy atom. The van der Waals surface area contributed by atoms with Gasteiger partial charge in [0, 0.05) is 33.6 Å². The lowest BCUT2D eigenvalue weighted by molar-refractivity contribution is -0.140. The number of nitrogens with zero attached hydrogens (tertiary/aromatic N) is 2. The van der Waals surface area contributed by atoms with E-state index in [0.717, 1.165) is 15.4 Å². The maximum atomic E-state index is 14.7. The van der Waals surface area contributed by atoms with Crippen molar-refractivity contribution < 1.29 is 18.0 Å². The molecule has 4 rings (SSSR count). The second-order valence-electron chi connectivity index (χ2n) is 12.4. The molecule has 0 aliphatic rings. The van der Waals surface area contributed by atoms with Crippen LogP contribution in [0.1, 0.15) is 43.0 Å². The van der Waals surface area contributed by atoms with E-state index in [1.807, 2.05) is 58.0 Å². The minimum Gasteiger partial charge on any atom is -0.350 e. The first-order valence-corrected chi connectivity index (χ1v) is 17.6. The first-order valence-electron chi connectivity index (χ1n) is 15.0. The molecule has 7 nitrogen and oxygen atoms in total. The number of sulfonamides is 1. The SMILES string of the molecule is Cc1ccc(S(=O)(=O)N(CC(=O)N(Cc2ccc(Cl)cc2Cl)C(Cc2ccccc2)C(=O)NC(C)(C)C)c2cccc(Cl)c2C)cc1. The van der Waals surface area contributed by atoms with Gasteiger partial charge >= 0.3 is 0 Å². The Morgan fingerprint density at radius 2 is 1.49 bits per heavy atom. The molecule has 11 heteroatoms. The van der Waals surface area contributed by atoms with Crippen LogP contribution in [0.3, 0.4) is 0 Å². The zero-order chi connectivity index (χ0) is 34.5. The number of halogens is 3. The summed E-state index contributed by atoms with van der Waals surface area (Å²) in [6.45, 7) is 8.40. The van der Waals surface area contributed by atoms with Crippen molar-refractivity contribution in [3.05, 3.63) is 128 Å². The third-order valence-electron chi connectivity index (χ3n) is 7.52. The van der Waals surface area contributed by atoms with E-state index in [0.29, 0.717) is 26.2 Å². The molecular weight excluding hydrogens is 677 g/mol. The molecule has 0 spiro atoms. The van der Waals surface area contributed by atoms with Gasteiger partial charge in [0.2, 0.25) is 11.8 Å². The van der Waals surface area contributed by atoms with Crippen LogP contribution >= 0.6 is 34.8 Å². The van der Waals surface area contributed by atoms with Gasteiger partial charge in [-0.05, 0) is 87.7 Å². The van der Waals surface area contributed by atoms with E-state index in [1.54, 1.807) is 55.5 Å². The predicted molar refractivity (Wildman–Crippen MR) is 191 cm³/mol. The largest absolute Gasteiger partial charge is 0.350 e. The van der Waals surface area contributed by atoms with Gasteiger partial charge in [-0.15, -0.1) is 0 Å². The number of hydrogen-bond donors (Lipinski definition) is 1. The summed E-state index contributed by atoms with van der Waals surface area (Å²) in [5.41, 5.74) is 2.35. The average molecular weight is 715 g/mol. The average Bonchev–Trinajstić information content (AvgIpc) is 3.00. The minimum absolute atomic E-state index is 0.00822. The van der Waals surface area contributed by atoms with Crippen LogP contribution < -0.4 is 9.62 Å². The van der Waals surface area contributed by atoms with E-state index >= 15 is 0 Å². The lowest BCUT2D eigenvalue weighted by Crippen LogP contribution is -2.56. The van der Waals surface area contributed by atoms with Crippen LogP contribution in [-0.4, -0.2) is 43.3 Å². The molecule has 0 aromatic heterocycles. The normalized spacial score (nSPS) is 12.3. The number of hydrogen-bond acceptors (Lipinski definition) is 4. The molecule has 1 atom stereocenters. The van der Waals surface area contributed by atoms with Crippen molar-refractivity contribution >= 4 is 62.3 Å². The molecule has 0 aliphatic carbocycles. The Balaban J connectivity index is 1.87. The zero-order valence-corrected chi connectivity index (χ0v) is 30.0. The molecule has 2 amide bonds. The monoisotopic (exact) mass is 713 g/mol. The summed E-state index contributed by atoms with van der Waals surface area (Å²) >= 11 is 19.2. The van der Waals surface area contributed by atoms with Gasteiger partial charge in [0.15, 0.2) is 0 Å². The first-order chi connectivity index (χ1) is 22.1. The summed E-state index contributed by atoms with van der Waals surface area (Å²) in [6, 6.07) is 24.5. The van der Waals surface area contributed by atoms with Gasteiger partial charge in [-0.2, -0.15) is 0 Å². The van der Waals surface area contributed by atoms with E-state index in [-0.39, 0.29) is 23.5 Å². The number of aryl methyl sites for hydroxylation is 1. The van der Waals surface area contributed by atoms with Crippen LogP contribution in [0.25, 0.3) is 0 Å². The zero-order valence-electron chi connectivity index (χ0n) is 26.9. The fraction of sp³-hybridized carbons (Fsp3) is 0.278. The van der Waals surface area contributed by atoms with Crippen LogP contribution in [-0.2, 0) is 32.6 Å². The van der Waals surface area contributed by atoms with E-state index in [4.69, 9.17) is 34.8 Å². The fourth-order valence-corrected chi connectivity index (χ4v) is 7.17.